The van der Waals surface area contributed by atoms with Crippen molar-refractivity contribution in [2.75, 3.05) is 6.54 Å². The summed E-state index contributed by atoms with van der Waals surface area (Å²) < 4.78 is 0. The second kappa shape index (κ2) is 5.57. The number of aliphatic carboxylic acids is 1. The zero-order chi connectivity index (χ0) is 14.2. The molecule has 104 valence electrons. The first-order chi connectivity index (χ1) is 8.90. The van der Waals surface area contributed by atoms with E-state index in [1.165, 1.54) is 6.07 Å². The van der Waals surface area contributed by atoms with Crippen molar-refractivity contribution in [1.82, 2.24) is 4.90 Å². The summed E-state index contributed by atoms with van der Waals surface area (Å²) in [6.45, 7) is 3.01. The van der Waals surface area contributed by atoms with Crippen molar-refractivity contribution in [3.63, 3.8) is 0 Å². The van der Waals surface area contributed by atoms with Gasteiger partial charge in [-0.1, -0.05) is 23.2 Å². The average Bonchev–Trinajstić information content (AvgIpc) is 2.67. The number of carbonyl (C=O) groups is 1. The number of rotatable bonds is 3. The Morgan fingerprint density at radius 3 is 2.74 bits per heavy atom. The third-order valence-electron chi connectivity index (χ3n) is 3.68. The van der Waals surface area contributed by atoms with E-state index < -0.39 is 5.97 Å². The van der Waals surface area contributed by atoms with Gasteiger partial charge in [0.25, 0.3) is 0 Å². The fourth-order valence-electron chi connectivity index (χ4n) is 2.52. The fourth-order valence-corrected chi connectivity index (χ4v) is 3.05. The Balaban J connectivity index is 2.17. The topological polar surface area (TPSA) is 60.8 Å². The molecule has 2 rings (SSSR count). The molecule has 6 heteroatoms. The molecule has 0 bridgehead atoms. The van der Waals surface area contributed by atoms with Crippen LogP contribution in [0.2, 0.25) is 10.0 Å². The summed E-state index contributed by atoms with van der Waals surface area (Å²) in [5.41, 5.74) is 0.621. The number of likely N-dealkylation sites (tertiary alicyclic amines) is 1. The molecule has 4 nitrogen and oxygen atoms in total. The molecule has 0 radical (unpaired) electrons. The highest BCUT2D eigenvalue weighted by Crippen LogP contribution is 2.34. The number of benzene rings is 1. The number of hydrogen-bond acceptors (Lipinski definition) is 3. The molecule has 2 unspecified atom stereocenters. The number of carboxylic acids is 1. The van der Waals surface area contributed by atoms with E-state index in [9.17, 15) is 9.90 Å². The smallest absolute Gasteiger partial charge is 0.308 e. The molecule has 1 heterocycles. The molecule has 1 fully saturated rings. The summed E-state index contributed by atoms with van der Waals surface area (Å²) >= 11 is 11.8. The Morgan fingerprint density at radius 2 is 2.16 bits per heavy atom. The Labute approximate surface area is 121 Å². The van der Waals surface area contributed by atoms with Crippen LogP contribution in [-0.2, 0) is 11.3 Å². The maximum absolute atomic E-state index is 11.1. The lowest BCUT2D eigenvalue weighted by molar-refractivity contribution is -0.142. The molecule has 1 saturated heterocycles. The first kappa shape index (κ1) is 14.4. The lowest BCUT2D eigenvalue weighted by Crippen LogP contribution is -2.32. The number of carboxylic acid groups (broad SMARTS) is 1. The van der Waals surface area contributed by atoms with E-state index in [2.05, 4.69) is 0 Å². The average molecular weight is 304 g/mol. The molecule has 2 N–H and O–H groups in total. The summed E-state index contributed by atoms with van der Waals surface area (Å²) in [5.74, 6) is -1.13. The highest BCUT2D eigenvalue weighted by molar-refractivity contribution is 6.35. The van der Waals surface area contributed by atoms with Crippen molar-refractivity contribution < 1.29 is 15.0 Å². The molecule has 1 aliphatic rings. The quantitative estimate of drug-likeness (QED) is 0.901. The minimum absolute atomic E-state index is 0.0111. The maximum atomic E-state index is 11.1. The second-order valence-corrected chi connectivity index (χ2v) is 5.68. The number of nitrogens with zero attached hydrogens (tertiary/aromatic N) is 1. The lowest BCUT2D eigenvalue weighted by atomic mass is 10.0. The minimum atomic E-state index is -0.775. The standard InChI is InChI=1S/C13H15Cl2NO3/c1-7-10(13(18)19)2-3-16(7)6-8-4-9(14)5-11(15)12(8)17/h4-5,7,10,17H,2-3,6H2,1H3,(H,18,19). The van der Waals surface area contributed by atoms with E-state index in [1.54, 1.807) is 6.07 Å². The molecule has 1 aromatic rings. The van der Waals surface area contributed by atoms with Gasteiger partial charge in [-0.05, 0) is 32.0 Å². The van der Waals surface area contributed by atoms with E-state index in [0.29, 0.717) is 30.1 Å². The van der Waals surface area contributed by atoms with Crippen molar-refractivity contribution in [2.45, 2.75) is 25.9 Å². The van der Waals surface area contributed by atoms with Crippen molar-refractivity contribution >= 4 is 29.2 Å². The van der Waals surface area contributed by atoms with Gasteiger partial charge in [-0.3, -0.25) is 9.69 Å². The molecule has 2 atom stereocenters. The number of aromatic hydroxyl groups is 1. The van der Waals surface area contributed by atoms with Gasteiger partial charge in [-0.25, -0.2) is 0 Å². The van der Waals surface area contributed by atoms with Crippen molar-refractivity contribution in [3.05, 3.63) is 27.7 Å². The van der Waals surface area contributed by atoms with Crippen molar-refractivity contribution in [3.8, 4) is 5.75 Å². The van der Waals surface area contributed by atoms with Crippen LogP contribution in [0.15, 0.2) is 12.1 Å². The van der Waals surface area contributed by atoms with Gasteiger partial charge < -0.3 is 10.2 Å². The molecular weight excluding hydrogens is 289 g/mol. The Bertz CT molecular complexity index is 507. The van der Waals surface area contributed by atoms with Crippen LogP contribution in [0.1, 0.15) is 18.9 Å². The van der Waals surface area contributed by atoms with Crippen LogP contribution in [-0.4, -0.2) is 33.7 Å². The molecule has 0 saturated carbocycles. The highest BCUT2D eigenvalue weighted by atomic mass is 35.5. The lowest BCUT2D eigenvalue weighted by Gasteiger charge is -2.23. The predicted molar refractivity (Wildman–Crippen MR) is 73.7 cm³/mol. The highest BCUT2D eigenvalue weighted by Gasteiger charge is 2.35. The number of hydrogen-bond donors (Lipinski definition) is 2. The van der Waals surface area contributed by atoms with Crippen LogP contribution in [0.25, 0.3) is 0 Å². The van der Waals surface area contributed by atoms with Gasteiger partial charge in [0.15, 0.2) is 0 Å². The SMILES string of the molecule is CC1C(C(=O)O)CCN1Cc1cc(Cl)cc(Cl)c1O. The normalized spacial score (nSPS) is 23.7. The number of halogens is 2. The molecule has 1 aliphatic heterocycles. The fraction of sp³-hybridized carbons (Fsp3) is 0.462. The first-order valence-corrected chi connectivity index (χ1v) is 6.79. The van der Waals surface area contributed by atoms with Gasteiger partial charge in [0.05, 0.1) is 10.9 Å². The largest absolute Gasteiger partial charge is 0.506 e. The van der Waals surface area contributed by atoms with Gasteiger partial charge in [-0.15, -0.1) is 0 Å². The van der Waals surface area contributed by atoms with Gasteiger partial charge in [0.1, 0.15) is 5.75 Å². The molecular formula is C13H15Cl2NO3. The summed E-state index contributed by atoms with van der Waals surface area (Å²) in [6.07, 6.45) is 0.617. The van der Waals surface area contributed by atoms with Gasteiger partial charge in [0, 0.05) is 23.2 Å². The second-order valence-electron chi connectivity index (χ2n) is 4.84. The zero-order valence-electron chi connectivity index (χ0n) is 10.4. The third-order valence-corrected chi connectivity index (χ3v) is 4.19. The summed E-state index contributed by atoms with van der Waals surface area (Å²) in [6, 6.07) is 3.06. The maximum Gasteiger partial charge on any atom is 0.308 e. The molecule has 0 aliphatic carbocycles. The van der Waals surface area contributed by atoms with E-state index in [-0.39, 0.29) is 22.7 Å². The molecule has 1 aromatic carbocycles. The van der Waals surface area contributed by atoms with Gasteiger partial charge in [0.2, 0.25) is 0 Å². The van der Waals surface area contributed by atoms with E-state index in [1.807, 2.05) is 11.8 Å². The third kappa shape index (κ3) is 2.96. The molecule has 0 aromatic heterocycles. The first-order valence-electron chi connectivity index (χ1n) is 6.04. The van der Waals surface area contributed by atoms with Crippen LogP contribution >= 0.6 is 23.2 Å². The zero-order valence-corrected chi connectivity index (χ0v) is 11.9. The molecule has 19 heavy (non-hydrogen) atoms. The van der Waals surface area contributed by atoms with Crippen LogP contribution < -0.4 is 0 Å². The number of phenolic OH excluding ortho intramolecular Hbond substituents is 1. The summed E-state index contributed by atoms with van der Waals surface area (Å²) in [4.78, 5) is 13.1. The van der Waals surface area contributed by atoms with E-state index in [0.717, 1.165) is 0 Å². The van der Waals surface area contributed by atoms with Crippen LogP contribution in [0.5, 0.6) is 5.75 Å². The van der Waals surface area contributed by atoms with E-state index in [4.69, 9.17) is 28.3 Å². The molecule has 0 spiro atoms. The van der Waals surface area contributed by atoms with Crippen molar-refractivity contribution in [1.29, 1.82) is 0 Å². The van der Waals surface area contributed by atoms with E-state index >= 15 is 0 Å². The Kier molecular flexibility index (Phi) is 4.23. The Hall–Kier alpha value is -0.970. The van der Waals surface area contributed by atoms with Crippen LogP contribution in [0.4, 0.5) is 0 Å². The summed E-state index contributed by atoms with van der Waals surface area (Å²) in [7, 11) is 0. The Morgan fingerprint density at radius 1 is 1.47 bits per heavy atom. The number of phenols is 1. The predicted octanol–water partition coefficient (Wildman–Crippen LogP) is 2.99. The van der Waals surface area contributed by atoms with Crippen molar-refractivity contribution in [2.24, 2.45) is 5.92 Å². The van der Waals surface area contributed by atoms with Crippen LogP contribution in [0.3, 0.4) is 0 Å². The monoisotopic (exact) mass is 303 g/mol. The summed E-state index contributed by atoms with van der Waals surface area (Å²) in [5, 5.41) is 19.7. The van der Waals surface area contributed by atoms with Gasteiger partial charge >= 0.3 is 5.97 Å². The minimum Gasteiger partial charge on any atom is -0.506 e. The van der Waals surface area contributed by atoms with Gasteiger partial charge in [-0.2, -0.15) is 0 Å². The molecule has 0 amide bonds. The van der Waals surface area contributed by atoms with Crippen LogP contribution in [0, 0.1) is 5.92 Å².